The Hall–Kier alpha value is -3.68. The first-order chi connectivity index (χ1) is 15.3. The molecule has 0 spiro atoms. The third-order valence-electron chi connectivity index (χ3n) is 5.84. The van der Waals surface area contributed by atoms with E-state index in [1.807, 2.05) is 18.2 Å². The van der Waals surface area contributed by atoms with Crippen molar-refractivity contribution in [2.45, 2.75) is 18.8 Å². The molecule has 3 heterocycles. The smallest absolute Gasteiger partial charge is 0.265 e. The number of halogens is 2. The second-order valence-electron chi connectivity index (χ2n) is 8.18. The molecule has 6 nitrogen and oxygen atoms in total. The number of alkyl halides is 2. The van der Waals surface area contributed by atoms with Crippen LogP contribution in [0.4, 0.5) is 8.78 Å². The summed E-state index contributed by atoms with van der Waals surface area (Å²) >= 11 is 0. The number of aryl methyl sites for hydroxylation is 1. The van der Waals surface area contributed by atoms with Gasteiger partial charge in [0.2, 0.25) is 0 Å². The third kappa shape index (κ3) is 3.62. The largest absolute Gasteiger partial charge is 0.333 e. The van der Waals surface area contributed by atoms with Crippen LogP contribution in [-0.2, 0) is 7.05 Å². The SMILES string of the molecule is Cn1ccc2cc(-c3cnc4ccc(C(=O)N5CCCC(F)(F)C5)cc4n3)ccc2c1=O. The molecule has 1 aliphatic heterocycles. The van der Waals surface area contributed by atoms with Crippen LogP contribution in [0.25, 0.3) is 33.1 Å². The fraction of sp³-hybridized carbons (Fsp3) is 0.250. The van der Waals surface area contributed by atoms with Gasteiger partial charge in [0.25, 0.3) is 17.4 Å². The predicted molar refractivity (Wildman–Crippen MR) is 118 cm³/mol. The Bertz CT molecular complexity index is 1430. The highest BCUT2D eigenvalue weighted by Crippen LogP contribution is 2.28. The lowest BCUT2D eigenvalue weighted by Crippen LogP contribution is -2.45. The van der Waals surface area contributed by atoms with Crippen molar-refractivity contribution in [1.82, 2.24) is 19.4 Å². The summed E-state index contributed by atoms with van der Waals surface area (Å²) in [6.45, 7) is -0.249. The normalized spacial score (nSPS) is 15.9. The number of amides is 1. The van der Waals surface area contributed by atoms with Crippen LogP contribution in [0.3, 0.4) is 0 Å². The van der Waals surface area contributed by atoms with Crippen LogP contribution in [-0.4, -0.2) is 44.4 Å². The van der Waals surface area contributed by atoms with Gasteiger partial charge in [-0.3, -0.25) is 14.6 Å². The molecule has 0 N–H and O–H groups in total. The average molecular weight is 434 g/mol. The summed E-state index contributed by atoms with van der Waals surface area (Å²) in [6, 6.07) is 12.2. The maximum Gasteiger partial charge on any atom is 0.265 e. The molecule has 0 saturated carbocycles. The molecule has 5 rings (SSSR count). The zero-order chi connectivity index (χ0) is 22.5. The van der Waals surface area contributed by atoms with E-state index in [0.29, 0.717) is 34.2 Å². The van der Waals surface area contributed by atoms with Crippen molar-refractivity contribution in [1.29, 1.82) is 0 Å². The lowest BCUT2D eigenvalue weighted by atomic mass is 10.0. The van der Waals surface area contributed by atoms with Crippen molar-refractivity contribution in [2.75, 3.05) is 13.1 Å². The monoisotopic (exact) mass is 434 g/mol. The van der Waals surface area contributed by atoms with Gasteiger partial charge in [0.1, 0.15) is 0 Å². The van der Waals surface area contributed by atoms with Crippen molar-refractivity contribution in [3.8, 4) is 11.3 Å². The summed E-state index contributed by atoms with van der Waals surface area (Å²) in [5.74, 6) is -3.28. The number of hydrogen-bond donors (Lipinski definition) is 0. The molecule has 0 radical (unpaired) electrons. The van der Waals surface area contributed by atoms with E-state index in [9.17, 15) is 18.4 Å². The van der Waals surface area contributed by atoms with Gasteiger partial charge in [-0.2, -0.15) is 0 Å². The first-order valence-electron chi connectivity index (χ1n) is 10.3. The van der Waals surface area contributed by atoms with E-state index in [1.165, 1.54) is 9.47 Å². The van der Waals surface area contributed by atoms with Gasteiger partial charge in [-0.25, -0.2) is 13.8 Å². The fourth-order valence-corrected chi connectivity index (χ4v) is 4.11. The molecule has 1 aliphatic rings. The number of fused-ring (bicyclic) bond motifs is 2. The number of benzene rings is 2. The molecule has 32 heavy (non-hydrogen) atoms. The minimum Gasteiger partial charge on any atom is -0.333 e. The van der Waals surface area contributed by atoms with Crippen molar-refractivity contribution in [3.63, 3.8) is 0 Å². The summed E-state index contributed by atoms with van der Waals surface area (Å²) in [7, 11) is 1.70. The van der Waals surface area contributed by atoms with Gasteiger partial charge >= 0.3 is 0 Å². The van der Waals surface area contributed by atoms with Crippen LogP contribution in [0.5, 0.6) is 0 Å². The van der Waals surface area contributed by atoms with Crippen LogP contribution in [0.15, 0.2) is 59.7 Å². The van der Waals surface area contributed by atoms with Crippen molar-refractivity contribution in [2.24, 2.45) is 7.05 Å². The Morgan fingerprint density at radius 2 is 1.94 bits per heavy atom. The molecule has 0 bridgehead atoms. The fourth-order valence-electron chi connectivity index (χ4n) is 4.11. The maximum atomic E-state index is 13.7. The van der Waals surface area contributed by atoms with E-state index in [4.69, 9.17) is 0 Å². The average Bonchev–Trinajstić information content (AvgIpc) is 2.79. The first-order valence-corrected chi connectivity index (χ1v) is 10.3. The zero-order valence-corrected chi connectivity index (χ0v) is 17.4. The molecule has 2 aromatic heterocycles. The van der Waals surface area contributed by atoms with Crippen LogP contribution in [0.2, 0.25) is 0 Å². The Labute approximate surface area is 182 Å². The number of carbonyl (C=O) groups is 1. The van der Waals surface area contributed by atoms with E-state index in [0.717, 1.165) is 10.9 Å². The van der Waals surface area contributed by atoms with Gasteiger partial charge in [-0.05, 0) is 48.2 Å². The Morgan fingerprint density at radius 3 is 2.75 bits per heavy atom. The first kappa shape index (κ1) is 20.2. The number of likely N-dealkylation sites (tertiary alicyclic amines) is 1. The Morgan fingerprint density at radius 1 is 1.09 bits per heavy atom. The van der Waals surface area contributed by atoms with Gasteiger partial charge in [0, 0.05) is 42.7 Å². The molecule has 0 atom stereocenters. The topological polar surface area (TPSA) is 68.1 Å². The summed E-state index contributed by atoms with van der Waals surface area (Å²) in [4.78, 5) is 35.4. The molecule has 162 valence electrons. The third-order valence-corrected chi connectivity index (χ3v) is 5.84. The van der Waals surface area contributed by atoms with Crippen LogP contribution < -0.4 is 5.56 Å². The number of hydrogen-bond acceptors (Lipinski definition) is 4. The number of carbonyl (C=O) groups excluding carboxylic acids is 1. The molecule has 0 unspecified atom stereocenters. The van der Waals surface area contributed by atoms with Crippen molar-refractivity contribution >= 4 is 27.7 Å². The van der Waals surface area contributed by atoms with Gasteiger partial charge in [0.15, 0.2) is 0 Å². The number of aromatic nitrogens is 3. The van der Waals surface area contributed by atoms with E-state index in [2.05, 4.69) is 9.97 Å². The summed E-state index contributed by atoms with van der Waals surface area (Å²) in [5, 5.41) is 1.40. The van der Waals surface area contributed by atoms with Crippen LogP contribution in [0, 0.1) is 0 Å². The zero-order valence-electron chi connectivity index (χ0n) is 17.4. The highest BCUT2D eigenvalue weighted by Gasteiger charge is 2.37. The molecular weight excluding hydrogens is 414 g/mol. The highest BCUT2D eigenvalue weighted by molar-refractivity contribution is 5.97. The molecule has 0 aliphatic carbocycles. The Kier molecular flexibility index (Phi) is 4.73. The summed E-state index contributed by atoms with van der Waals surface area (Å²) in [6.07, 6.45) is 3.43. The van der Waals surface area contributed by atoms with Crippen molar-refractivity contribution in [3.05, 3.63) is 70.8 Å². The maximum absolute atomic E-state index is 13.7. The number of nitrogens with zero attached hydrogens (tertiary/aromatic N) is 4. The molecule has 2 aromatic carbocycles. The number of piperidine rings is 1. The van der Waals surface area contributed by atoms with Gasteiger partial charge < -0.3 is 9.47 Å². The second-order valence-corrected chi connectivity index (χ2v) is 8.18. The summed E-state index contributed by atoms with van der Waals surface area (Å²) < 4.78 is 29.0. The lowest BCUT2D eigenvalue weighted by Gasteiger charge is -2.32. The lowest BCUT2D eigenvalue weighted by molar-refractivity contribution is -0.0560. The molecule has 1 amide bonds. The molecule has 4 aromatic rings. The van der Waals surface area contributed by atoms with E-state index >= 15 is 0 Å². The van der Waals surface area contributed by atoms with Crippen LogP contribution >= 0.6 is 0 Å². The van der Waals surface area contributed by atoms with E-state index in [1.54, 1.807) is 43.7 Å². The number of pyridine rings is 1. The Balaban J connectivity index is 1.51. The van der Waals surface area contributed by atoms with Crippen LogP contribution in [0.1, 0.15) is 23.2 Å². The minimum absolute atomic E-state index is 0.0786. The standard InChI is InChI=1S/C24H20F2N4O2/c1-29-10-7-15-11-16(3-5-18(15)23(29)32)21-13-27-19-6-4-17(12-20(19)28-21)22(31)30-9-2-8-24(25,26)14-30/h3-7,10-13H,2,8-9,14H2,1H3. The van der Waals surface area contributed by atoms with E-state index in [-0.39, 0.29) is 18.4 Å². The van der Waals surface area contributed by atoms with Gasteiger partial charge in [-0.1, -0.05) is 6.07 Å². The minimum atomic E-state index is -2.85. The molecule has 8 heteroatoms. The van der Waals surface area contributed by atoms with E-state index < -0.39 is 18.4 Å². The van der Waals surface area contributed by atoms with Crippen molar-refractivity contribution < 1.29 is 13.6 Å². The van der Waals surface area contributed by atoms with Gasteiger partial charge in [-0.15, -0.1) is 0 Å². The summed E-state index contributed by atoms with van der Waals surface area (Å²) in [5.41, 5.74) is 2.71. The quantitative estimate of drug-likeness (QED) is 0.478. The van der Waals surface area contributed by atoms with Gasteiger partial charge in [0.05, 0.1) is 29.5 Å². The molecular formula is C24H20F2N4O2. The molecule has 1 fully saturated rings. The predicted octanol–water partition coefficient (Wildman–Crippen LogP) is 4.02. The molecule has 1 saturated heterocycles. The highest BCUT2D eigenvalue weighted by atomic mass is 19.3. The number of rotatable bonds is 2. The second kappa shape index (κ2) is 7.47.